The fourth-order valence-corrected chi connectivity index (χ4v) is 6.70. The van der Waals surface area contributed by atoms with Gasteiger partial charge >= 0.3 is 5.97 Å². The number of hydrogen-bond donors (Lipinski definition) is 9. The number of aliphatic carboxylic acids is 1. The van der Waals surface area contributed by atoms with Crippen LogP contribution in [0.3, 0.4) is 0 Å². The third kappa shape index (κ3) is 16.9. The number of amides is 6. The van der Waals surface area contributed by atoms with Gasteiger partial charge in [0.05, 0.1) is 12.2 Å². The molecule has 0 aliphatic carbocycles. The number of fused-ring (bicyclic) bond motifs is 1. The third-order valence-electron chi connectivity index (χ3n) is 10.0. The van der Waals surface area contributed by atoms with Gasteiger partial charge in [-0.25, -0.2) is 0 Å². The summed E-state index contributed by atoms with van der Waals surface area (Å²) in [4.78, 5) is 89.1. The van der Waals surface area contributed by atoms with Crippen LogP contribution in [0.15, 0.2) is 18.2 Å². The summed E-state index contributed by atoms with van der Waals surface area (Å²) in [5.41, 5.74) is 11.4. The Kier molecular flexibility index (Phi) is 20.7. The lowest BCUT2D eigenvalue weighted by Gasteiger charge is -2.26. The van der Waals surface area contributed by atoms with Gasteiger partial charge in [-0.2, -0.15) is 0 Å². The number of anilines is 1. The smallest absolute Gasteiger partial charge is 0.303 e. The standard InChI is InChI=1S/C39H62N8O9/c40-20-9-8-11-30-38(54)45-29(35(41)51)19-24-56-32-15-13-27(25-28(32)37(53)46-31(39(55)47-30)14-16-34(49)50)44-33(48)12-7-5-3-1-2-4-6-10-21-43-36(52)26-17-22-42-23-18-26/h13,15,25-26,29-31,42H,1-12,14,16-24,40H2,(H2,41,51)(H,43,52)(H,44,48)(H,45,54)(H,46,53)(H,47,55)(H,49,50)/t29-,30-,31-/m0/s1. The molecular formula is C39H62N8O9. The number of carbonyl (C=O) groups excluding carboxylic acids is 6. The molecule has 11 N–H and O–H groups in total. The average molecular weight is 787 g/mol. The van der Waals surface area contributed by atoms with Crippen molar-refractivity contribution < 1.29 is 43.4 Å². The zero-order valence-corrected chi connectivity index (χ0v) is 32.5. The Morgan fingerprint density at radius 1 is 0.786 bits per heavy atom. The summed E-state index contributed by atoms with van der Waals surface area (Å²) >= 11 is 0. The van der Waals surface area contributed by atoms with E-state index >= 15 is 0 Å². The summed E-state index contributed by atoms with van der Waals surface area (Å²) < 4.78 is 5.86. The van der Waals surface area contributed by atoms with Gasteiger partial charge in [0.25, 0.3) is 5.91 Å². The second-order valence-corrected chi connectivity index (χ2v) is 14.6. The van der Waals surface area contributed by atoms with E-state index in [4.69, 9.17) is 16.2 Å². The molecule has 0 radical (unpaired) electrons. The maximum Gasteiger partial charge on any atom is 0.303 e. The lowest BCUT2D eigenvalue weighted by molar-refractivity contribution is -0.137. The van der Waals surface area contributed by atoms with Gasteiger partial charge in [0.1, 0.15) is 23.9 Å². The molecule has 0 aromatic heterocycles. The summed E-state index contributed by atoms with van der Waals surface area (Å²) in [5.74, 6) is -4.09. The molecule has 0 bridgehead atoms. The molecule has 6 amide bonds. The number of unbranched alkanes of at least 4 members (excludes halogenated alkanes) is 8. The highest BCUT2D eigenvalue weighted by Crippen LogP contribution is 2.25. The van der Waals surface area contributed by atoms with Crippen molar-refractivity contribution in [1.29, 1.82) is 0 Å². The van der Waals surface area contributed by atoms with E-state index in [0.29, 0.717) is 31.5 Å². The summed E-state index contributed by atoms with van der Waals surface area (Å²) in [7, 11) is 0. The Morgan fingerprint density at radius 3 is 2.12 bits per heavy atom. The maximum absolute atomic E-state index is 13.7. The molecule has 17 nitrogen and oxygen atoms in total. The number of benzene rings is 1. The minimum Gasteiger partial charge on any atom is -0.493 e. The monoisotopic (exact) mass is 786 g/mol. The van der Waals surface area contributed by atoms with Crippen molar-refractivity contribution >= 4 is 47.1 Å². The van der Waals surface area contributed by atoms with Crippen molar-refractivity contribution in [2.45, 2.75) is 127 Å². The molecule has 0 spiro atoms. The highest BCUT2D eigenvalue weighted by Gasteiger charge is 2.31. The van der Waals surface area contributed by atoms with E-state index in [0.717, 1.165) is 77.4 Å². The van der Waals surface area contributed by atoms with Crippen LogP contribution in [0.25, 0.3) is 0 Å². The highest BCUT2D eigenvalue weighted by molar-refractivity contribution is 6.02. The van der Waals surface area contributed by atoms with Gasteiger partial charge in [-0.1, -0.05) is 38.5 Å². The van der Waals surface area contributed by atoms with Crippen LogP contribution in [-0.2, 0) is 28.8 Å². The zero-order valence-electron chi connectivity index (χ0n) is 32.5. The molecule has 3 atom stereocenters. The first-order valence-electron chi connectivity index (χ1n) is 20.2. The Morgan fingerprint density at radius 2 is 1.45 bits per heavy atom. The van der Waals surface area contributed by atoms with Crippen LogP contribution >= 0.6 is 0 Å². The number of rotatable bonds is 21. The lowest BCUT2D eigenvalue weighted by Crippen LogP contribution is -2.56. The van der Waals surface area contributed by atoms with Crippen LogP contribution < -0.4 is 48.1 Å². The van der Waals surface area contributed by atoms with Crippen molar-refractivity contribution in [3.05, 3.63) is 23.8 Å². The predicted molar refractivity (Wildman–Crippen MR) is 209 cm³/mol. The molecular weight excluding hydrogens is 724 g/mol. The van der Waals surface area contributed by atoms with Gasteiger partial charge in [0, 0.05) is 37.4 Å². The summed E-state index contributed by atoms with van der Waals surface area (Å²) in [6.45, 7) is 2.76. The first-order valence-corrected chi connectivity index (χ1v) is 20.2. The first kappa shape index (κ1) is 45.6. The molecule has 2 heterocycles. The molecule has 1 saturated heterocycles. The summed E-state index contributed by atoms with van der Waals surface area (Å²) in [6, 6.07) is 0.825. The van der Waals surface area contributed by atoms with Crippen LogP contribution in [0.4, 0.5) is 5.69 Å². The maximum atomic E-state index is 13.7. The number of carbonyl (C=O) groups is 7. The molecule has 1 fully saturated rings. The zero-order chi connectivity index (χ0) is 40.7. The van der Waals surface area contributed by atoms with E-state index in [-0.39, 0.29) is 61.3 Å². The molecule has 2 aliphatic heterocycles. The third-order valence-corrected chi connectivity index (χ3v) is 10.0. The van der Waals surface area contributed by atoms with E-state index in [9.17, 15) is 38.7 Å². The first-order chi connectivity index (χ1) is 27.0. The fraction of sp³-hybridized carbons (Fsp3) is 0.667. The molecule has 2 aliphatic rings. The van der Waals surface area contributed by atoms with E-state index < -0.39 is 54.1 Å². The van der Waals surface area contributed by atoms with E-state index in [1.165, 1.54) is 12.1 Å². The molecule has 17 heteroatoms. The SMILES string of the molecule is NCCCC[C@@H]1NC(=O)[C@H](CCC(=O)O)NC(=O)c2cc(NC(=O)CCCCCCCCCCNC(=O)C3CCNCC3)ccc2OCC[C@@H](C(N)=O)NC1=O. The number of piperidine rings is 1. The van der Waals surface area contributed by atoms with Crippen molar-refractivity contribution in [3.8, 4) is 5.75 Å². The summed E-state index contributed by atoms with van der Waals surface area (Å²) in [6.07, 6.45) is 10.4. The quantitative estimate of drug-likeness (QED) is 0.0808. The average Bonchev–Trinajstić information content (AvgIpc) is 3.17. The molecule has 56 heavy (non-hydrogen) atoms. The molecule has 1 aromatic carbocycles. The van der Waals surface area contributed by atoms with Crippen LogP contribution in [0.2, 0.25) is 0 Å². The molecule has 3 rings (SSSR count). The van der Waals surface area contributed by atoms with E-state index in [1.807, 2.05) is 0 Å². The molecule has 312 valence electrons. The Labute approximate surface area is 328 Å². The van der Waals surface area contributed by atoms with Crippen LogP contribution in [0, 0.1) is 5.92 Å². The second-order valence-electron chi connectivity index (χ2n) is 14.6. The number of carboxylic acids is 1. The van der Waals surface area contributed by atoms with E-state index in [1.54, 1.807) is 6.07 Å². The van der Waals surface area contributed by atoms with E-state index in [2.05, 4.69) is 31.9 Å². The number of nitrogens with one attached hydrogen (secondary N) is 6. The van der Waals surface area contributed by atoms with Crippen molar-refractivity contribution in [2.24, 2.45) is 17.4 Å². The van der Waals surface area contributed by atoms with Crippen LogP contribution in [0.1, 0.15) is 120 Å². The molecule has 0 saturated carbocycles. The highest BCUT2D eigenvalue weighted by atomic mass is 16.5. The van der Waals surface area contributed by atoms with Crippen LogP contribution in [0.5, 0.6) is 5.75 Å². The Balaban J connectivity index is 1.54. The molecule has 0 unspecified atom stereocenters. The van der Waals surface area contributed by atoms with Crippen molar-refractivity contribution in [2.75, 3.05) is 38.1 Å². The number of nitrogens with two attached hydrogens (primary N) is 2. The van der Waals surface area contributed by atoms with Crippen molar-refractivity contribution in [1.82, 2.24) is 26.6 Å². The van der Waals surface area contributed by atoms with Crippen LogP contribution in [-0.4, -0.2) is 97.4 Å². The van der Waals surface area contributed by atoms with Crippen molar-refractivity contribution in [3.63, 3.8) is 0 Å². The number of carboxylic acid groups (broad SMARTS) is 1. The van der Waals surface area contributed by atoms with Gasteiger partial charge in [0.15, 0.2) is 0 Å². The normalized spacial score (nSPS) is 19.6. The van der Waals surface area contributed by atoms with Gasteiger partial charge < -0.3 is 53.2 Å². The van der Waals surface area contributed by atoms with Gasteiger partial charge in [-0.15, -0.1) is 0 Å². The van der Waals surface area contributed by atoms with Gasteiger partial charge in [0.2, 0.25) is 29.5 Å². The van der Waals surface area contributed by atoms with Gasteiger partial charge in [-0.05, 0) is 89.2 Å². The predicted octanol–water partition coefficient (Wildman–Crippen LogP) is 1.58. The summed E-state index contributed by atoms with van der Waals surface area (Å²) in [5, 5.41) is 26.2. The Bertz CT molecular complexity index is 1470. The fourth-order valence-electron chi connectivity index (χ4n) is 6.70. The largest absolute Gasteiger partial charge is 0.493 e. The lowest BCUT2D eigenvalue weighted by atomic mass is 9.97. The number of hydrogen-bond acceptors (Lipinski definition) is 10. The second kappa shape index (κ2) is 25.4. The Hall–Kier alpha value is -4.77. The minimum atomic E-state index is -1.35. The van der Waals surface area contributed by atoms with Gasteiger partial charge in [-0.3, -0.25) is 33.6 Å². The number of primary amides is 1. The number of ether oxygens (including phenoxy) is 1. The molecule has 1 aromatic rings. The topological polar surface area (TPSA) is 273 Å². The minimum absolute atomic E-state index is 0.0312.